The summed E-state index contributed by atoms with van der Waals surface area (Å²) in [6.07, 6.45) is 5.45. The maximum atomic E-state index is 11.9. The molecule has 0 radical (unpaired) electrons. The van der Waals surface area contributed by atoms with Crippen molar-refractivity contribution in [1.29, 1.82) is 0 Å². The van der Waals surface area contributed by atoms with Crippen molar-refractivity contribution >= 4 is 17.6 Å². The van der Waals surface area contributed by atoms with Crippen LogP contribution >= 0.6 is 11.6 Å². The van der Waals surface area contributed by atoms with Gasteiger partial charge in [0.15, 0.2) is 0 Å². The van der Waals surface area contributed by atoms with Crippen molar-refractivity contribution < 1.29 is 4.79 Å². The van der Waals surface area contributed by atoms with Gasteiger partial charge in [-0.1, -0.05) is 30.7 Å². The smallest absolute Gasteiger partial charge is 0.327 e. The number of nitrogens with one attached hydrogen (secondary N) is 1. The Morgan fingerprint density at radius 3 is 3.00 bits per heavy atom. The standard InChI is InChI=1S/C13H14ClN3O/c1-2-12(10-4-3-5-11(14)8-10)16-13(18)17-7-6-15-9-17/h3-9,12H,2H2,1H3,(H,16,18). The Morgan fingerprint density at radius 1 is 1.56 bits per heavy atom. The number of carbonyl (C=O) groups excluding carboxylic acids is 1. The second kappa shape index (κ2) is 5.69. The summed E-state index contributed by atoms with van der Waals surface area (Å²) in [6, 6.07) is 7.26. The quantitative estimate of drug-likeness (QED) is 0.924. The van der Waals surface area contributed by atoms with E-state index in [-0.39, 0.29) is 12.1 Å². The first-order valence-corrected chi connectivity index (χ1v) is 6.12. The Labute approximate surface area is 111 Å². The van der Waals surface area contributed by atoms with E-state index in [0.29, 0.717) is 5.02 Å². The number of halogens is 1. The van der Waals surface area contributed by atoms with Crippen LogP contribution in [0.3, 0.4) is 0 Å². The molecule has 94 valence electrons. The Kier molecular flexibility index (Phi) is 3.99. The van der Waals surface area contributed by atoms with Gasteiger partial charge in [0.05, 0.1) is 6.04 Å². The SMILES string of the molecule is CCC(NC(=O)n1ccnc1)c1cccc(Cl)c1. The van der Waals surface area contributed by atoms with Crippen molar-refractivity contribution in [3.63, 3.8) is 0 Å². The Hall–Kier alpha value is -1.81. The van der Waals surface area contributed by atoms with Gasteiger partial charge in [-0.05, 0) is 24.1 Å². The van der Waals surface area contributed by atoms with Gasteiger partial charge in [-0.15, -0.1) is 0 Å². The summed E-state index contributed by atoms with van der Waals surface area (Å²) in [5.41, 5.74) is 0.999. The molecule has 5 heteroatoms. The molecule has 1 unspecified atom stereocenters. The highest BCUT2D eigenvalue weighted by Crippen LogP contribution is 2.20. The maximum Gasteiger partial charge on any atom is 0.327 e. The van der Waals surface area contributed by atoms with E-state index < -0.39 is 0 Å². The topological polar surface area (TPSA) is 46.9 Å². The summed E-state index contributed by atoms with van der Waals surface area (Å²) >= 11 is 5.95. The summed E-state index contributed by atoms with van der Waals surface area (Å²) in [7, 11) is 0. The number of imidazole rings is 1. The molecule has 1 aromatic carbocycles. The molecule has 0 bridgehead atoms. The van der Waals surface area contributed by atoms with Gasteiger partial charge in [0.2, 0.25) is 0 Å². The van der Waals surface area contributed by atoms with Crippen LogP contribution in [0.1, 0.15) is 24.9 Å². The summed E-state index contributed by atoms with van der Waals surface area (Å²) < 4.78 is 1.41. The van der Waals surface area contributed by atoms with Gasteiger partial charge >= 0.3 is 6.03 Å². The van der Waals surface area contributed by atoms with Crippen LogP contribution in [-0.2, 0) is 0 Å². The fourth-order valence-corrected chi connectivity index (χ4v) is 1.95. The Morgan fingerprint density at radius 2 is 2.39 bits per heavy atom. The van der Waals surface area contributed by atoms with Crippen LogP contribution in [0.4, 0.5) is 4.79 Å². The largest absolute Gasteiger partial charge is 0.331 e. The van der Waals surface area contributed by atoms with E-state index in [1.165, 1.54) is 10.9 Å². The van der Waals surface area contributed by atoms with Crippen LogP contribution < -0.4 is 5.32 Å². The van der Waals surface area contributed by atoms with Crippen molar-refractivity contribution in [2.75, 3.05) is 0 Å². The fourth-order valence-electron chi connectivity index (χ4n) is 1.75. The number of aromatic nitrogens is 2. The molecule has 0 saturated carbocycles. The molecule has 0 aliphatic carbocycles. The lowest BCUT2D eigenvalue weighted by Gasteiger charge is -2.17. The van der Waals surface area contributed by atoms with E-state index >= 15 is 0 Å². The predicted molar refractivity (Wildman–Crippen MR) is 70.6 cm³/mol. The third-order valence-electron chi connectivity index (χ3n) is 2.70. The summed E-state index contributed by atoms with van der Waals surface area (Å²) in [4.78, 5) is 15.8. The van der Waals surface area contributed by atoms with Gasteiger partial charge in [0, 0.05) is 17.4 Å². The molecule has 1 aromatic heterocycles. The Balaban J connectivity index is 2.13. The molecule has 2 rings (SSSR count). The van der Waals surface area contributed by atoms with E-state index in [1.54, 1.807) is 12.4 Å². The highest BCUT2D eigenvalue weighted by molar-refractivity contribution is 6.30. The van der Waals surface area contributed by atoms with Crippen LogP contribution in [0.2, 0.25) is 5.02 Å². The highest BCUT2D eigenvalue weighted by Gasteiger charge is 2.13. The number of carbonyl (C=O) groups is 1. The van der Waals surface area contributed by atoms with E-state index in [1.807, 2.05) is 31.2 Å². The zero-order valence-corrected chi connectivity index (χ0v) is 10.8. The number of nitrogens with zero attached hydrogens (tertiary/aromatic N) is 2. The van der Waals surface area contributed by atoms with Gasteiger partial charge in [0.25, 0.3) is 0 Å². The molecular weight excluding hydrogens is 250 g/mol. The van der Waals surface area contributed by atoms with E-state index in [2.05, 4.69) is 10.3 Å². The van der Waals surface area contributed by atoms with Gasteiger partial charge in [-0.2, -0.15) is 0 Å². The molecule has 0 fully saturated rings. The van der Waals surface area contributed by atoms with Gasteiger partial charge in [-0.3, -0.25) is 4.57 Å². The first kappa shape index (κ1) is 12.6. The monoisotopic (exact) mass is 263 g/mol. The minimum Gasteiger partial charge on any atom is -0.331 e. The van der Waals surface area contributed by atoms with Crippen molar-refractivity contribution in [2.45, 2.75) is 19.4 Å². The number of hydrogen-bond donors (Lipinski definition) is 1. The number of hydrogen-bond acceptors (Lipinski definition) is 2. The fraction of sp³-hybridized carbons (Fsp3) is 0.231. The third-order valence-corrected chi connectivity index (χ3v) is 2.93. The Bertz CT molecular complexity index is 525. The molecule has 0 aliphatic rings. The van der Waals surface area contributed by atoms with Crippen molar-refractivity contribution in [2.24, 2.45) is 0 Å². The molecule has 18 heavy (non-hydrogen) atoms. The highest BCUT2D eigenvalue weighted by atomic mass is 35.5. The van der Waals surface area contributed by atoms with Crippen LogP contribution in [0, 0.1) is 0 Å². The number of amides is 1. The summed E-state index contributed by atoms with van der Waals surface area (Å²) in [5, 5.41) is 3.61. The minimum atomic E-state index is -0.195. The van der Waals surface area contributed by atoms with Crippen LogP contribution in [0.25, 0.3) is 0 Å². The number of rotatable bonds is 3. The number of benzene rings is 1. The zero-order chi connectivity index (χ0) is 13.0. The zero-order valence-electron chi connectivity index (χ0n) is 10.0. The van der Waals surface area contributed by atoms with E-state index in [9.17, 15) is 4.79 Å². The van der Waals surface area contributed by atoms with E-state index in [0.717, 1.165) is 12.0 Å². The van der Waals surface area contributed by atoms with Gasteiger partial charge in [0.1, 0.15) is 6.33 Å². The molecular formula is C13H14ClN3O. The first-order chi connectivity index (χ1) is 8.70. The van der Waals surface area contributed by atoms with Gasteiger partial charge in [-0.25, -0.2) is 9.78 Å². The lowest BCUT2D eigenvalue weighted by atomic mass is 10.1. The second-order valence-corrected chi connectivity index (χ2v) is 4.37. The predicted octanol–water partition coefficient (Wildman–Crippen LogP) is 3.25. The molecule has 1 atom stereocenters. The third kappa shape index (κ3) is 2.90. The van der Waals surface area contributed by atoms with E-state index in [4.69, 9.17) is 11.6 Å². The van der Waals surface area contributed by atoms with Crippen LogP contribution in [-0.4, -0.2) is 15.6 Å². The molecule has 1 N–H and O–H groups in total. The molecule has 0 saturated heterocycles. The summed E-state index contributed by atoms with van der Waals surface area (Å²) in [5.74, 6) is 0. The maximum absolute atomic E-state index is 11.9. The molecule has 4 nitrogen and oxygen atoms in total. The average Bonchev–Trinajstić information content (AvgIpc) is 2.89. The lowest BCUT2D eigenvalue weighted by molar-refractivity contribution is 0.238. The minimum absolute atomic E-state index is 0.0569. The lowest BCUT2D eigenvalue weighted by Crippen LogP contribution is -2.31. The van der Waals surface area contributed by atoms with Crippen LogP contribution in [0.5, 0.6) is 0 Å². The molecule has 0 spiro atoms. The molecule has 0 aliphatic heterocycles. The average molecular weight is 264 g/mol. The molecule has 1 amide bonds. The van der Waals surface area contributed by atoms with Gasteiger partial charge < -0.3 is 5.32 Å². The second-order valence-electron chi connectivity index (χ2n) is 3.94. The van der Waals surface area contributed by atoms with Crippen molar-refractivity contribution in [1.82, 2.24) is 14.9 Å². The molecule has 1 heterocycles. The first-order valence-electron chi connectivity index (χ1n) is 5.75. The normalized spacial score (nSPS) is 12.1. The van der Waals surface area contributed by atoms with Crippen LogP contribution in [0.15, 0.2) is 43.0 Å². The molecule has 2 aromatic rings. The summed E-state index contributed by atoms with van der Waals surface area (Å²) in [6.45, 7) is 2.01. The van der Waals surface area contributed by atoms with Crippen molar-refractivity contribution in [3.05, 3.63) is 53.6 Å². The van der Waals surface area contributed by atoms with Crippen molar-refractivity contribution in [3.8, 4) is 0 Å².